The Morgan fingerprint density at radius 1 is 1.23 bits per heavy atom. The van der Waals surface area contributed by atoms with E-state index in [-0.39, 0.29) is 30.5 Å². The molecule has 1 atom stereocenters. The largest absolute Gasteiger partial charge is 0.332 e. The third-order valence-corrected chi connectivity index (χ3v) is 4.71. The van der Waals surface area contributed by atoms with Gasteiger partial charge in [0.25, 0.3) is 5.91 Å². The van der Waals surface area contributed by atoms with E-state index in [9.17, 15) is 26.7 Å². The van der Waals surface area contributed by atoms with Crippen LogP contribution in [0.3, 0.4) is 0 Å². The van der Waals surface area contributed by atoms with Gasteiger partial charge in [-0.15, -0.1) is 3.89 Å². The number of hydrogen-bond acceptors (Lipinski definition) is 5. The Labute approximate surface area is 125 Å². The van der Waals surface area contributed by atoms with E-state index in [0.717, 1.165) is 6.07 Å². The summed E-state index contributed by atoms with van der Waals surface area (Å²) in [7, 11) is -4.96. The summed E-state index contributed by atoms with van der Waals surface area (Å²) in [6.07, 6.45) is 0.243. The zero-order valence-corrected chi connectivity index (χ0v) is 12.0. The van der Waals surface area contributed by atoms with Crippen LogP contribution in [0.1, 0.15) is 28.8 Å². The van der Waals surface area contributed by atoms with Crippen molar-refractivity contribution in [3.05, 3.63) is 29.3 Å². The first-order valence-electron chi connectivity index (χ1n) is 6.50. The molecule has 2 aliphatic rings. The van der Waals surface area contributed by atoms with Gasteiger partial charge in [-0.1, -0.05) is 6.07 Å². The van der Waals surface area contributed by atoms with Crippen LogP contribution in [-0.2, 0) is 26.4 Å². The number of nitrogens with zero attached hydrogens (tertiary/aromatic N) is 1. The highest BCUT2D eigenvalue weighted by atomic mass is 32.3. The van der Waals surface area contributed by atoms with Crippen molar-refractivity contribution >= 4 is 27.9 Å². The van der Waals surface area contributed by atoms with E-state index in [2.05, 4.69) is 5.32 Å². The smallest absolute Gasteiger partial charge is 0.322 e. The summed E-state index contributed by atoms with van der Waals surface area (Å²) < 4.78 is 35.7. The predicted octanol–water partition coefficient (Wildman–Crippen LogP) is 0.106. The zero-order valence-electron chi connectivity index (χ0n) is 11.2. The Kier molecular flexibility index (Phi) is 3.24. The van der Waals surface area contributed by atoms with Crippen LogP contribution in [0.4, 0.5) is 3.89 Å². The summed E-state index contributed by atoms with van der Waals surface area (Å²) in [5.41, 5.74) is 0.100. The van der Waals surface area contributed by atoms with E-state index in [1.165, 1.54) is 17.0 Å². The monoisotopic (exact) mass is 326 g/mol. The summed E-state index contributed by atoms with van der Waals surface area (Å²) in [5.74, 6) is -1.57. The lowest BCUT2D eigenvalue weighted by Gasteiger charge is -2.29. The van der Waals surface area contributed by atoms with Crippen molar-refractivity contribution in [2.24, 2.45) is 0 Å². The summed E-state index contributed by atoms with van der Waals surface area (Å²) >= 11 is 0. The number of piperidine rings is 1. The number of nitrogens with one attached hydrogen (secondary N) is 1. The summed E-state index contributed by atoms with van der Waals surface area (Å²) in [5, 5.41) is 2.13. The first kappa shape index (κ1) is 14.6. The van der Waals surface area contributed by atoms with Crippen molar-refractivity contribution in [3.8, 4) is 0 Å². The molecule has 0 radical (unpaired) electrons. The van der Waals surface area contributed by atoms with E-state index in [0.29, 0.717) is 0 Å². The minimum atomic E-state index is -4.96. The molecule has 22 heavy (non-hydrogen) atoms. The molecule has 1 saturated heterocycles. The van der Waals surface area contributed by atoms with Crippen molar-refractivity contribution in [1.82, 2.24) is 10.2 Å². The molecule has 1 aromatic carbocycles. The van der Waals surface area contributed by atoms with Crippen molar-refractivity contribution in [3.63, 3.8) is 0 Å². The Morgan fingerprint density at radius 2 is 1.95 bits per heavy atom. The fourth-order valence-electron chi connectivity index (χ4n) is 2.79. The van der Waals surface area contributed by atoms with Gasteiger partial charge in [-0.3, -0.25) is 19.7 Å². The van der Waals surface area contributed by atoms with Crippen molar-refractivity contribution in [2.75, 3.05) is 0 Å². The van der Waals surface area contributed by atoms with Gasteiger partial charge in [-0.05, 0) is 18.6 Å². The van der Waals surface area contributed by atoms with Gasteiger partial charge in [0.05, 0.1) is 0 Å². The van der Waals surface area contributed by atoms with Crippen molar-refractivity contribution in [1.29, 1.82) is 0 Å². The second kappa shape index (κ2) is 4.87. The maximum Gasteiger partial charge on any atom is 0.332 e. The number of benzene rings is 1. The third kappa shape index (κ3) is 2.27. The molecule has 2 aliphatic heterocycles. The van der Waals surface area contributed by atoms with Crippen LogP contribution in [0, 0.1) is 0 Å². The van der Waals surface area contributed by atoms with Gasteiger partial charge in [0, 0.05) is 24.1 Å². The second-order valence-electron chi connectivity index (χ2n) is 5.12. The SMILES string of the molecule is O=C1CCC(N2Cc3c(cccc3S(=O)(=O)F)C2=O)C(=O)N1. The molecule has 0 saturated carbocycles. The van der Waals surface area contributed by atoms with Crippen LogP contribution in [-0.4, -0.2) is 37.1 Å². The van der Waals surface area contributed by atoms with E-state index >= 15 is 0 Å². The number of hydrogen-bond donors (Lipinski definition) is 1. The lowest BCUT2D eigenvalue weighted by molar-refractivity contribution is -0.136. The molecule has 3 amide bonds. The van der Waals surface area contributed by atoms with E-state index in [4.69, 9.17) is 0 Å². The highest BCUT2D eigenvalue weighted by Crippen LogP contribution is 2.32. The van der Waals surface area contributed by atoms with Crippen molar-refractivity contribution in [2.45, 2.75) is 30.3 Å². The number of fused-ring (bicyclic) bond motifs is 1. The van der Waals surface area contributed by atoms with Crippen LogP contribution < -0.4 is 5.32 Å². The molecule has 1 aromatic rings. The molecule has 1 fully saturated rings. The molecule has 0 aliphatic carbocycles. The quantitative estimate of drug-likeness (QED) is 0.614. The maximum absolute atomic E-state index is 13.3. The Morgan fingerprint density at radius 3 is 2.59 bits per heavy atom. The van der Waals surface area contributed by atoms with Crippen LogP contribution in [0.15, 0.2) is 23.1 Å². The van der Waals surface area contributed by atoms with Gasteiger partial charge in [-0.25, -0.2) is 0 Å². The van der Waals surface area contributed by atoms with E-state index in [1.54, 1.807) is 0 Å². The number of amides is 3. The maximum atomic E-state index is 13.3. The van der Waals surface area contributed by atoms with Crippen LogP contribution in [0.5, 0.6) is 0 Å². The molecule has 1 N–H and O–H groups in total. The number of halogens is 1. The van der Waals surface area contributed by atoms with E-state index in [1.807, 2.05) is 0 Å². The number of carbonyl (C=O) groups excluding carboxylic acids is 3. The summed E-state index contributed by atoms with van der Waals surface area (Å²) in [6.45, 7) is -0.181. The lowest BCUT2D eigenvalue weighted by atomic mass is 10.0. The number of rotatable bonds is 2. The topological polar surface area (TPSA) is 101 Å². The summed E-state index contributed by atoms with van der Waals surface area (Å²) in [4.78, 5) is 36.0. The Bertz CT molecular complexity index is 805. The van der Waals surface area contributed by atoms with Gasteiger partial charge in [-0.2, -0.15) is 8.42 Å². The molecule has 3 rings (SSSR count). The van der Waals surface area contributed by atoms with Crippen molar-refractivity contribution < 1.29 is 26.7 Å². The average molecular weight is 326 g/mol. The number of imide groups is 1. The molecule has 1 unspecified atom stereocenters. The van der Waals surface area contributed by atoms with Gasteiger partial charge in [0.15, 0.2) is 0 Å². The minimum absolute atomic E-state index is 0.0414. The highest BCUT2D eigenvalue weighted by molar-refractivity contribution is 7.86. The molecular formula is C13H11FN2O5S. The van der Waals surface area contributed by atoms with Crippen LogP contribution >= 0.6 is 0 Å². The molecule has 9 heteroatoms. The number of carbonyl (C=O) groups is 3. The molecule has 0 bridgehead atoms. The Hall–Kier alpha value is -2.29. The van der Waals surface area contributed by atoms with Gasteiger partial charge in [0.1, 0.15) is 10.9 Å². The second-order valence-corrected chi connectivity index (χ2v) is 6.44. The molecule has 2 heterocycles. The fourth-order valence-corrected chi connectivity index (χ4v) is 3.50. The standard InChI is InChI=1S/C13H11FN2O5S/c14-22(20,21)10-3-1-2-7-8(10)6-16(13(7)19)9-4-5-11(17)15-12(9)18/h1-3,9H,4-6H2,(H,15,17,18). The van der Waals surface area contributed by atoms with Crippen LogP contribution in [0.25, 0.3) is 0 Å². The average Bonchev–Trinajstić information content (AvgIpc) is 2.75. The lowest BCUT2D eigenvalue weighted by Crippen LogP contribution is -2.52. The zero-order chi connectivity index (χ0) is 16.1. The first-order valence-corrected chi connectivity index (χ1v) is 7.88. The highest BCUT2D eigenvalue weighted by Gasteiger charge is 2.41. The van der Waals surface area contributed by atoms with Gasteiger partial charge < -0.3 is 4.90 Å². The van der Waals surface area contributed by atoms with E-state index < -0.39 is 38.9 Å². The molecule has 0 spiro atoms. The normalized spacial score (nSPS) is 21.8. The Balaban J connectivity index is 1.98. The van der Waals surface area contributed by atoms with Gasteiger partial charge in [0.2, 0.25) is 11.8 Å². The molecular weight excluding hydrogens is 315 g/mol. The predicted molar refractivity (Wildman–Crippen MR) is 70.8 cm³/mol. The minimum Gasteiger partial charge on any atom is -0.322 e. The molecule has 7 nitrogen and oxygen atoms in total. The van der Waals surface area contributed by atoms with Gasteiger partial charge >= 0.3 is 10.2 Å². The third-order valence-electron chi connectivity index (χ3n) is 3.80. The molecule has 0 aromatic heterocycles. The first-order chi connectivity index (χ1) is 10.3. The molecule has 116 valence electrons. The summed E-state index contributed by atoms with van der Waals surface area (Å²) in [6, 6.07) is 2.87. The fraction of sp³-hybridized carbons (Fsp3) is 0.308. The van der Waals surface area contributed by atoms with Crippen LogP contribution in [0.2, 0.25) is 0 Å².